The summed E-state index contributed by atoms with van der Waals surface area (Å²) in [6.07, 6.45) is 6.60. The molecule has 0 bridgehead atoms. The topological polar surface area (TPSA) is 121 Å². The van der Waals surface area contributed by atoms with Crippen molar-refractivity contribution >= 4 is 65.2 Å². The number of unbranched alkanes of at least 4 members (excludes halogenated alkanes) is 5. The standard InChI is InChI=1S/C28H30N4O6S2/c33-25(31-27-29-17-13-19-21(15-23(17)39-27)37-11-9-35-19)7-5-3-1-2-4-6-8-26(34)32-28-30-18-14-20-22(16-24(18)40-28)38-12-10-36-20/h13-16H,1-12H2,(H,29,31,33)(H,30,32,34). The van der Waals surface area contributed by atoms with Crippen molar-refractivity contribution < 1.29 is 28.5 Å². The van der Waals surface area contributed by atoms with E-state index >= 15 is 0 Å². The quantitative estimate of drug-likeness (QED) is 0.202. The Labute approximate surface area is 239 Å². The lowest BCUT2D eigenvalue weighted by Gasteiger charge is -2.17. The van der Waals surface area contributed by atoms with E-state index in [0.717, 1.165) is 70.5 Å². The van der Waals surface area contributed by atoms with E-state index in [1.54, 1.807) is 0 Å². The molecule has 0 saturated carbocycles. The highest BCUT2D eigenvalue weighted by Crippen LogP contribution is 2.39. The molecule has 0 atom stereocenters. The zero-order valence-corrected chi connectivity index (χ0v) is 23.6. The van der Waals surface area contributed by atoms with Crippen LogP contribution in [-0.2, 0) is 9.59 Å². The second-order valence-corrected chi connectivity index (χ2v) is 11.7. The van der Waals surface area contributed by atoms with Gasteiger partial charge in [0.05, 0.1) is 20.4 Å². The third-order valence-corrected chi connectivity index (χ3v) is 8.52. The summed E-state index contributed by atoms with van der Waals surface area (Å²) in [6, 6.07) is 7.55. The van der Waals surface area contributed by atoms with Gasteiger partial charge in [0, 0.05) is 37.1 Å². The third kappa shape index (κ3) is 6.39. The van der Waals surface area contributed by atoms with E-state index < -0.39 is 0 Å². The molecule has 2 aromatic heterocycles. The molecule has 0 spiro atoms. The average Bonchev–Trinajstić information content (AvgIpc) is 3.53. The maximum atomic E-state index is 12.4. The number of nitrogens with zero attached hydrogens (tertiary/aromatic N) is 2. The monoisotopic (exact) mass is 582 g/mol. The molecule has 0 saturated heterocycles. The van der Waals surface area contributed by atoms with Crippen LogP contribution in [0.4, 0.5) is 10.3 Å². The lowest BCUT2D eigenvalue weighted by atomic mass is 10.1. The van der Waals surface area contributed by atoms with Crippen LogP contribution in [0, 0.1) is 0 Å². The molecule has 0 aliphatic carbocycles. The fourth-order valence-electron chi connectivity index (χ4n) is 4.68. The van der Waals surface area contributed by atoms with E-state index in [1.165, 1.54) is 22.7 Å². The molecule has 12 heteroatoms. The van der Waals surface area contributed by atoms with Gasteiger partial charge in [-0.05, 0) is 12.8 Å². The molecule has 2 N–H and O–H groups in total. The van der Waals surface area contributed by atoms with Crippen LogP contribution in [0.2, 0.25) is 0 Å². The Bertz CT molecular complexity index is 1330. The molecule has 210 valence electrons. The number of thiazole rings is 2. The van der Waals surface area contributed by atoms with Gasteiger partial charge in [-0.1, -0.05) is 48.4 Å². The molecule has 4 heterocycles. The van der Waals surface area contributed by atoms with Gasteiger partial charge in [0.2, 0.25) is 11.8 Å². The largest absolute Gasteiger partial charge is 0.486 e. The molecule has 2 aliphatic heterocycles. The number of hydrogen-bond acceptors (Lipinski definition) is 10. The van der Waals surface area contributed by atoms with Crippen LogP contribution in [-0.4, -0.2) is 48.2 Å². The lowest BCUT2D eigenvalue weighted by Crippen LogP contribution is -2.15. The predicted molar refractivity (Wildman–Crippen MR) is 155 cm³/mol. The first-order valence-corrected chi connectivity index (χ1v) is 15.2. The van der Waals surface area contributed by atoms with Crippen molar-refractivity contribution in [3.05, 3.63) is 24.3 Å². The number of nitrogens with one attached hydrogen (secondary N) is 2. The second kappa shape index (κ2) is 12.3. The number of carbonyl (C=O) groups excluding carboxylic acids is 2. The zero-order valence-electron chi connectivity index (χ0n) is 22.0. The average molecular weight is 583 g/mol. The fourth-order valence-corrected chi connectivity index (χ4v) is 6.46. The SMILES string of the molecule is O=C(CCCCCCCCC(=O)Nc1nc2cc3c(cc2s1)OCCO3)Nc1nc2cc3c(cc2s1)OCCO3. The summed E-state index contributed by atoms with van der Waals surface area (Å²) in [7, 11) is 0. The molecule has 4 aromatic rings. The van der Waals surface area contributed by atoms with Crippen LogP contribution in [0.5, 0.6) is 23.0 Å². The molecule has 2 aliphatic rings. The van der Waals surface area contributed by atoms with Crippen LogP contribution in [0.3, 0.4) is 0 Å². The summed E-state index contributed by atoms with van der Waals surface area (Å²) in [5, 5.41) is 7.01. The number of hydrogen-bond donors (Lipinski definition) is 2. The molecule has 2 amide bonds. The number of aromatic nitrogens is 2. The number of anilines is 2. The summed E-state index contributed by atoms with van der Waals surface area (Å²) < 4.78 is 24.4. The highest BCUT2D eigenvalue weighted by atomic mass is 32.1. The van der Waals surface area contributed by atoms with Gasteiger partial charge >= 0.3 is 0 Å². The van der Waals surface area contributed by atoms with E-state index in [2.05, 4.69) is 20.6 Å². The molecule has 0 fully saturated rings. The Hall–Kier alpha value is -3.64. The number of benzene rings is 2. The Balaban J connectivity index is 0.847. The summed E-state index contributed by atoms with van der Waals surface area (Å²) in [4.78, 5) is 33.8. The second-order valence-electron chi connectivity index (χ2n) is 9.68. The highest BCUT2D eigenvalue weighted by molar-refractivity contribution is 7.22. The molecule has 6 rings (SSSR count). The minimum Gasteiger partial charge on any atom is -0.486 e. The van der Waals surface area contributed by atoms with Crippen LogP contribution in [0.25, 0.3) is 20.4 Å². The van der Waals surface area contributed by atoms with E-state index in [0.29, 0.717) is 61.0 Å². The Morgan fingerprint density at radius 3 is 1.40 bits per heavy atom. The maximum Gasteiger partial charge on any atom is 0.226 e. The van der Waals surface area contributed by atoms with E-state index in [4.69, 9.17) is 18.9 Å². The normalized spacial score (nSPS) is 13.9. The van der Waals surface area contributed by atoms with Crippen LogP contribution < -0.4 is 29.6 Å². The third-order valence-electron chi connectivity index (χ3n) is 6.66. The van der Waals surface area contributed by atoms with E-state index in [9.17, 15) is 9.59 Å². The predicted octanol–water partition coefficient (Wildman–Crippen LogP) is 6.15. The zero-order chi connectivity index (χ0) is 27.3. The summed E-state index contributed by atoms with van der Waals surface area (Å²) in [6.45, 7) is 2.13. The van der Waals surface area contributed by atoms with Crippen molar-refractivity contribution in [1.82, 2.24) is 9.97 Å². The summed E-state index contributed by atoms with van der Waals surface area (Å²) in [5.41, 5.74) is 1.59. The van der Waals surface area contributed by atoms with Crippen molar-refractivity contribution in [2.75, 3.05) is 37.1 Å². The van der Waals surface area contributed by atoms with Crippen molar-refractivity contribution in [1.29, 1.82) is 0 Å². The van der Waals surface area contributed by atoms with Gasteiger partial charge < -0.3 is 29.6 Å². The Morgan fingerprint density at radius 1 is 0.600 bits per heavy atom. The van der Waals surface area contributed by atoms with E-state index in [1.807, 2.05) is 24.3 Å². The molecule has 10 nitrogen and oxygen atoms in total. The van der Waals surface area contributed by atoms with Crippen LogP contribution in [0.15, 0.2) is 24.3 Å². The first-order valence-electron chi connectivity index (χ1n) is 13.6. The van der Waals surface area contributed by atoms with Gasteiger partial charge in [-0.15, -0.1) is 0 Å². The summed E-state index contributed by atoms with van der Waals surface area (Å²) >= 11 is 2.87. The van der Waals surface area contributed by atoms with Crippen molar-refractivity contribution in [3.63, 3.8) is 0 Å². The molecular formula is C28H30N4O6S2. The number of amides is 2. The minimum absolute atomic E-state index is 0.0249. The summed E-state index contributed by atoms with van der Waals surface area (Å²) in [5.74, 6) is 2.78. The minimum atomic E-state index is -0.0249. The molecule has 0 unspecified atom stereocenters. The van der Waals surface area contributed by atoms with Gasteiger partial charge in [-0.3, -0.25) is 9.59 Å². The van der Waals surface area contributed by atoms with Crippen molar-refractivity contribution in [2.24, 2.45) is 0 Å². The molecule has 2 aromatic carbocycles. The van der Waals surface area contributed by atoms with Gasteiger partial charge in [0.1, 0.15) is 26.4 Å². The van der Waals surface area contributed by atoms with Gasteiger partial charge in [0.25, 0.3) is 0 Å². The maximum absolute atomic E-state index is 12.4. The molecule has 0 radical (unpaired) electrons. The van der Waals surface area contributed by atoms with Crippen molar-refractivity contribution in [3.8, 4) is 23.0 Å². The Morgan fingerprint density at radius 2 is 0.975 bits per heavy atom. The smallest absolute Gasteiger partial charge is 0.226 e. The van der Waals surface area contributed by atoms with Crippen LogP contribution in [0.1, 0.15) is 51.4 Å². The fraction of sp³-hybridized carbons (Fsp3) is 0.429. The first kappa shape index (κ1) is 26.6. The highest BCUT2D eigenvalue weighted by Gasteiger charge is 2.17. The molecular weight excluding hydrogens is 552 g/mol. The van der Waals surface area contributed by atoms with Gasteiger partial charge in [-0.2, -0.15) is 0 Å². The first-order chi connectivity index (χ1) is 19.6. The number of fused-ring (bicyclic) bond motifs is 4. The Kier molecular flexibility index (Phi) is 8.14. The number of ether oxygens (including phenoxy) is 4. The van der Waals surface area contributed by atoms with Crippen LogP contribution >= 0.6 is 22.7 Å². The van der Waals surface area contributed by atoms with Gasteiger partial charge in [-0.25, -0.2) is 9.97 Å². The molecule has 40 heavy (non-hydrogen) atoms. The van der Waals surface area contributed by atoms with E-state index in [-0.39, 0.29) is 11.8 Å². The lowest BCUT2D eigenvalue weighted by molar-refractivity contribution is -0.117. The van der Waals surface area contributed by atoms with Crippen molar-refractivity contribution in [2.45, 2.75) is 51.4 Å². The number of carbonyl (C=O) groups is 2. The van der Waals surface area contributed by atoms with Gasteiger partial charge in [0.15, 0.2) is 33.3 Å². The number of rotatable bonds is 11.